The minimum atomic E-state index is -2.01. The Hall–Kier alpha value is -1.28. The van der Waals surface area contributed by atoms with E-state index in [1.807, 2.05) is 0 Å². The lowest BCUT2D eigenvalue weighted by Crippen LogP contribution is -2.53. The molecule has 2 amide bonds. The molecule has 0 aromatic carbocycles. The molecule has 1 aliphatic heterocycles. The lowest BCUT2D eigenvalue weighted by molar-refractivity contribution is -0.156. The van der Waals surface area contributed by atoms with Crippen LogP contribution >= 0.6 is 11.8 Å². The normalized spacial score (nSPS) is 25.0. The Labute approximate surface area is 133 Å². The van der Waals surface area contributed by atoms with E-state index in [0.717, 1.165) is 32.6 Å². The van der Waals surface area contributed by atoms with E-state index >= 15 is 0 Å². The van der Waals surface area contributed by atoms with Gasteiger partial charge in [0.05, 0.1) is 12.4 Å². The number of carbonyl (C=O) groups excluding carboxylic acids is 2. The van der Waals surface area contributed by atoms with Gasteiger partial charge in [0.1, 0.15) is 6.04 Å². The molecule has 2 fully saturated rings. The summed E-state index contributed by atoms with van der Waals surface area (Å²) < 4.78 is 0. The van der Waals surface area contributed by atoms with Crippen molar-refractivity contribution < 1.29 is 24.6 Å². The highest BCUT2D eigenvalue weighted by molar-refractivity contribution is 7.99. The number of carboxylic acid groups (broad SMARTS) is 1. The maximum Gasteiger partial charge on any atom is 0.337 e. The number of nitrogens with zero attached hydrogens (tertiary/aromatic N) is 1. The van der Waals surface area contributed by atoms with Gasteiger partial charge in [-0.1, -0.05) is 12.8 Å². The molecule has 2 atom stereocenters. The summed E-state index contributed by atoms with van der Waals surface area (Å²) in [7, 11) is 0. The Balaban J connectivity index is 1.93. The minimum Gasteiger partial charge on any atom is -0.479 e. The zero-order valence-corrected chi connectivity index (χ0v) is 13.4. The van der Waals surface area contributed by atoms with Gasteiger partial charge in [-0.15, -0.1) is 11.8 Å². The third kappa shape index (κ3) is 3.73. The number of aliphatic hydroxyl groups is 1. The van der Waals surface area contributed by atoms with Gasteiger partial charge in [-0.2, -0.15) is 0 Å². The van der Waals surface area contributed by atoms with Gasteiger partial charge in [-0.3, -0.25) is 9.59 Å². The first-order chi connectivity index (χ1) is 10.3. The van der Waals surface area contributed by atoms with Crippen LogP contribution in [0.5, 0.6) is 0 Å². The molecule has 2 aliphatic rings. The quantitative estimate of drug-likeness (QED) is 0.656. The van der Waals surface area contributed by atoms with Crippen LogP contribution < -0.4 is 5.32 Å². The fourth-order valence-electron chi connectivity index (χ4n) is 2.74. The van der Waals surface area contributed by atoms with Crippen LogP contribution in [-0.4, -0.2) is 62.7 Å². The number of hydrogen-bond donors (Lipinski definition) is 3. The molecule has 1 heterocycles. The van der Waals surface area contributed by atoms with Crippen molar-refractivity contribution in [1.29, 1.82) is 0 Å². The van der Waals surface area contributed by atoms with Gasteiger partial charge in [-0.25, -0.2) is 4.79 Å². The van der Waals surface area contributed by atoms with Crippen LogP contribution in [0.1, 0.15) is 32.6 Å². The van der Waals surface area contributed by atoms with E-state index in [1.54, 1.807) is 4.90 Å². The number of thioether (sulfide) groups is 1. The number of carboxylic acids is 1. The molecular weight excluding hydrogens is 308 g/mol. The molecule has 0 bridgehead atoms. The highest BCUT2D eigenvalue weighted by atomic mass is 32.2. The fourth-order valence-corrected chi connectivity index (χ4v) is 3.90. The van der Waals surface area contributed by atoms with Gasteiger partial charge in [0.25, 0.3) is 0 Å². The summed E-state index contributed by atoms with van der Waals surface area (Å²) in [5.41, 5.74) is -2.01. The summed E-state index contributed by atoms with van der Waals surface area (Å²) in [6.45, 7) is 0.744. The van der Waals surface area contributed by atoms with Crippen molar-refractivity contribution >= 4 is 29.5 Å². The van der Waals surface area contributed by atoms with Crippen molar-refractivity contribution in [2.75, 3.05) is 18.2 Å². The lowest BCUT2D eigenvalue weighted by Gasteiger charge is -2.27. The largest absolute Gasteiger partial charge is 0.479 e. The van der Waals surface area contributed by atoms with Crippen LogP contribution in [0.15, 0.2) is 0 Å². The molecule has 1 saturated heterocycles. The standard InChI is InChI=1S/C14H22N2O5S/c1-14(21,13(19)20)7-15-11(17)10-6-22-8-16(10)12(18)9-4-2-3-5-9/h9-10,21H,2-8H2,1H3,(H,15,17)(H,19,20). The molecule has 1 aliphatic carbocycles. The Morgan fingerprint density at radius 3 is 2.55 bits per heavy atom. The molecule has 0 radical (unpaired) electrons. The van der Waals surface area contributed by atoms with Gasteiger partial charge >= 0.3 is 5.97 Å². The van der Waals surface area contributed by atoms with Crippen molar-refractivity contribution in [3.8, 4) is 0 Å². The van der Waals surface area contributed by atoms with Gasteiger partial charge in [0.15, 0.2) is 5.60 Å². The van der Waals surface area contributed by atoms with Crippen LogP contribution in [0.4, 0.5) is 0 Å². The van der Waals surface area contributed by atoms with Gasteiger partial charge in [0.2, 0.25) is 11.8 Å². The van der Waals surface area contributed by atoms with Crippen LogP contribution in [0.25, 0.3) is 0 Å². The first-order valence-corrected chi connectivity index (χ1v) is 8.60. The average Bonchev–Trinajstić information content (AvgIpc) is 3.14. The van der Waals surface area contributed by atoms with Gasteiger partial charge in [0, 0.05) is 11.7 Å². The average molecular weight is 330 g/mol. The molecule has 22 heavy (non-hydrogen) atoms. The molecule has 0 spiro atoms. The van der Waals surface area contributed by atoms with E-state index < -0.39 is 23.5 Å². The smallest absolute Gasteiger partial charge is 0.337 e. The summed E-state index contributed by atoms with van der Waals surface area (Å²) in [4.78, 5) is 37.1. The topological polar surface area (TPSA) is 107 Å². The molecule has 1 saturated carbocycles. The second kappa shape index (κ2) is 6.87. The summed E-state index contributed by atoms with van der Waals surface area (Å²) in [5.74, 6) is -0.781. The van der Waals surface area contributed by atoms with Crippen LogP contribution in [0.2, 0.25) is 0 Å². The van der Waals surface area contributed by atoms with Crippen molar-refractivity contribution in [2.45, 2.75) is 44.2 Å². The van der Waals surface area contributed by atoms with Gasteiger partial charge < -0.3 is 20.4 Å². The summed E-state index contributed by atoms with van der Waals surface area (Å²) in [6, 6.07) is -0.581. The van der Waals surface area contributed by atoms with Crippen LogP contribution in [0, 0.1) is 5.92 Å². The predicted molar refractivity (Wildman–Crippen MR) is 81.2 cm³/mol. The summed E-state index contributed by atoms with van der Waals surface area (Å²) in [6.07, 6.45) is 3.86. The predicted octanol–water partition coefficient (Wildman–Crippen LogP) is 0.0299. The van der Waals surface area contributed by atoms with E-state index in [2.05, 4.69) is 5.32 Å². The number of amides is 2. The number of aliphatic carboxylic acids is 1. The molecule has 0 aromatic rings. The van der Waals surface area contributed by atoms with E-state index in [0.29, 0.717) is 11.6 Å². The molecule has 2 rings (SSSR count). The third-order valence-corrected chi connectivity index (χ3v) is 5.25. The first-order valence-electron chi connectivity index (χ1n) is 7.44. The summed E-state index contributed by atoms with van der Waals surface area (Å²) >= 11 is 1.51. The molecule has 8 heteroatoms. The van der Waals surface area contributed by atoms with Crippen molar-refractivity contribution in [1.82, 2.24) is 10.2 Å². The fraction of sp³-hybridized carbons (Fsp3) is 0.786. The van der Waals surface area contributed by atoms with Crippen molar-refractivity contribution in [2.24, 2.45) is 5.92 Å². The second-order valence-electron chi connectivity index (χ2n) is 6.10. The maximum atomic E-state index is 12.5. The van der Waals surface area contributed by atoms with E-state index in [9.17, 15) is 19.5 Å². The number of carbonyl (C=O) groups is 3. The molecule has 0 aromatic heterocycles. The van der Waals surface area contributed by atoms with Crippen molar-refractivity contribution in [3.63, 3.8) is 0 Å². The van der Waals surface area contributed by atoms with E-state index in [1.165, 1.54) is 11.8 Å². The third-order valence-electron chi connectivity index (χ3n) is 4.24. The van der Waals surface area contributed by atoms with Crippen LogP contribution in [0.3, 0.4) is 0 Å². The van der Waals surface area contributed by atoms with Gasteiger partial charge in [-0.05, 0) is 19.8 Å². The molecular formula is C14H22N2O5S. The lowest BCUT2D eigenvalue weighted by atomic mass is 10.1. The Morgan fingerprint density at radius 2 is 1.95 bits per heavy atom. The Morgan fingerprint density at radius 1 is 1.32 bits per heavy atom. The molecule has 3 N–H and O–H groups in total. The number of nitrogens with one attached hydrogen (secondary N) is 1. The SMILES string of the molecule is CC(O)(CNC(=O)C1CSCN1C(=O)C1CCCC1)C(=O)O. The molecule has 2 unspecified atom stereocenters. The zero-order chi connectivity index (χ0) is 16.3. The van der Waals surface area contributed by atoms with E-state index in [-0.39, 0.29) is 18.4 Å². The molecule has 124 valence electrons. The highest BCUT2D eigenvalue weighted by Gasteiger charge is 2.39. The second-order valence-corrected chi connectivity index (χ2v) is 7.10. The minimum absolute atomic E-state index is 0.0103. The van der Waals surface area contributed by atoms with E-state index in [4.69, 9.17) is 5.11 Å². The van der Waals surface area contributed by atoms with Crippen molar-refractivity contribution in [3.05, 3.63) is 0 Å². The first kappa shape index (κ1) is 17.1. The maximum absolute atomic E-state index is 12.5. The molecule has 7 nitrogen and oxygen atoms in total. The van der Waals surface area contributed by atoms with Crippen LogP contribution in [-0.2, 0) is 14.4 Å². The number of rotatable bonds is 5. The Kier molecular flexibility index (Phi) is 5.33. The summed E-state index contributed by atoms with van der Waals surface area (Å²) in [5, 5.41) is 20.9. The zero-order valence-electron chi connectivity index (χ0n) is 12.6. The monoisotopic (exact) mass is 330 g/mol. The Bertz CT molecular complexity index is 462. The highest BCUT2D eigenvalue weighted by Crippen LogP contribution is 2.30. The number of hydrogen-bond acceptors (Lipinski definition) is 5.